The van der Waals surface area contributed by atoms with Crippen LogP contribution in [-0.2, 0) is 19.4 Å². The number of methoxy groups -OCH3 is 1. The molecular weight excluding hydrogens is 376 g/mol. The zero-order valence-electron chi connectivity index (χ0n) is 15.3. The summed E-state index contributed by atoms with van der Waals surface area (Å²) in [7, 11) is 1.63. The number of fused-ring (bicyclic) bond motifs is 3. The molecule has 0 amide bonds. The molecule has 1 aromatic carbocycles. The normalized spacial score (nSPS) is 13.5. The quantitative estimate of drug-likeness (QED) is 0.501. The Bertz CT molecular complexity index is 1140. The third kappa shape index (κ3) is 3.09. The van der Waals surface area contributed by atoms with Crippen molar-refractivity contribution in [3.63, 3.8) is 0 Å². The average Bonchev–Trinajstić information content (AvgIpc) is 3.37. The number of thiophene rings is 1. The summed E-state index contributed by atoms with van der Waals surface area (Å²) in [6.07, 6.45) is 6.15. The molecule has 0 atom stereocenters. The van der Waals surface area contributed by atoms with Crippen molar-refractivity contribution in [1.29, 1.82) is 0 Å². The van der Waals surface area contributed by atoms with Gasteiger partial charge in [0, 0.05) is 10.4 Å². The molecule has 0 N–H and O–H groups in total. The van der Waals surface area contributed by atoms with Gasteiger partial charge in [0.1, 0.15) is 16.9 Å². The summed E-state index contributed by atoms with van der Waals surface area (Å²) in [5, 5.41) is 5.08. The molecule has 8 heteroatoms. The van der Waals surface area contributed by atoms with Gasteiger partial charge in [-0.05, 0) is 43.4 Å². The molecule has 0 unspecified atom stereocenters. The number of rotatable bonds is 5. The lowest BCUT2D eigenvalue weighted by molar-refractivity contribution is 0.238. The second-order valence-corrected chi connectivity index (χ2v) is 7.69. The van der Waals surface area contributed by atoms with Crippen LogP contribution in [0.15, 0.2) is 35.1 Å². The number of benzene rings is 1. The molecule has 0 fully saturated rings. The fourth-order valence-electron chi connectivity index (χ4n) is 3.49. The Kier molecular flexibility index (Phi) is 4.40. The van der Waals surface area contributed by atoms with E-state index < -0.39 is 0 Å². The molecule has 0 radical (unpaired) electrons. The highest BCUT2D eigenvalue weighted by Crippen LogP contribution is 2.39. The Morgan fingerprint density at radius 1 is 1.18 bits per heavy atom. The van der Waals surface area contributed by atoms with Crippen LogP contribution in [0, 0.1) is 0 Å². The van der Waals surface area contributed by atoms with E-state index in [4.69, 9.17) is 14.0 Å². The Labute approximate surface area is 165 Å². The van der Waals surface area contributed by atoms with Gasteiger partial charge in [0.2, 0.25) is 11.7 Å². The minimum absolute atomic E-state index is 0.160. The largest absolute Gasteiger partial charge is 0.497 e. The molecule has 0 saturated heterocycles. The first kappa shape index (κ1) is 17.1. The molecule has 28 heavy (non-hydrogen) atoms. The minimum atomic E-state index is 0.160. The lowest BCUT2D eigenvalue weighted by atomic mass is 9.97. The fraction of sp³-hybridized carbons (Fsp3) is 0.300. The van der Waals surface area contributed by atoms with E-state index in [-0.39, 0.29) is 6.61 Å². The first-order chi connectivity index (χ1) is 13.8. The average molecular weight is 394 g/mol. The molecule has 1 aliphatic carbocycles. The van der Waals surface area contributed by atoms with Gasteiger partial charge in [-0.15, -0.1) is 11.3 Å². The van der Waals surface area contributed by atoms with Crippen molar-refractivity contribution in [3.8, 4) is 23.0 Å². The van der Waals surface area contributed by atoms with E-state index in [0.29, 0.717) is 17.6 Å². The topological polar surface area (TPSA) is 83.2 Å². The van der Waals surface area contributed by atoms with Crippen molar-refractivity contribution >= 4 is 21.6 Å². The molecule has 0 saturated carbocycles. The Balaban J connectivity index is 1.38. The summed E-state index contributed by atoms with van der Waals surface area (Å²) < 4.78 is 16.6. The van der Waals surface area contributed by atoms with Crippen LogP contribution in [0.5, 0.6) is 11.6 Å². The highest BCUT2D eigenvalue weighted by Gasteiger charge is 2.21. The molecule has 3 heterocycles. The molecule has 0 spiro atoms. The fourth-order valence-corrected chi connectivity index (χ4v) is 4.71. The first-order valence-corrected chi connectivity index (χ1v) is 9.98. The van der Waals surface area contributed by atoms with Gasteiger partial charge >= 0.3 is 0 Å². The summed E-state index contributed by atoms with van der Waals surface area (Å²) in [6.45, 7) is 0.160. The summed E-state index contributed by atoms with van der Waals surface area (Å²) in [4.78, 5) is 15.6. The molecular formula is C20H18N4O3S. The van der Waals surface area contributed by atoms with Gasteiger partial charge in [0.25, 0.3) is 5.89 Å². The Hall–Kier alpha value is -3.00. The molecule has 1 aliphatic rings. The van der Waals surface area contributed by atoms with E-state index in [2.05, 4.69) is 20.1 Å². The number of ether oxygens (including phenoxy) is 2. The van der Waals surface area contributed by atoms with Gasteiger partial charge in [0.05, 0.1) is 12.5 Å². The van der Waals surface area contributed by atoms with Crippen molar-refractivity contribution in [2.75, 3.05) is 7.11 Å². The van der Waals surface area contributed by atoms with Gasteiger partial charge in [-0.3, -0.25) is 0 Å². The third-order valence-corrected chi connectivity index (χ3v) is 6.04. The Morgan fingerprint density at radius 2 is 2.11 bits per heavy atom. The van der Waals surface area contributed by atoms with Crippen LogP contribution in [-0.4, -0.2) is 27.2 Å². The van der Waals surface area contributed by atoms with E-state index >= 15 is 0 Å². The number of aromatic nitrogens is 4. The predicted molar refractivity (Wildman–Crippen MR) is 105 cm³/mol. The molecule has 5 rings (SSSR count). The number of nitrogens with zero attached hydrogens (tertiary/aromatic N) is 4. The number of aryl methyl sites for hydroxylation is 2. The maximum Gasteiger partial charge on any atom is 0.264 e. The minimum Gasteiger partial charge on any atom is -0.497 e. The molecule has 7 nitrogen and oxygen atoms in total. The van der Waals surface area contributed by atoms with Crippen molar-refractivity contribution in [3.05, 3.63) is 46.9 Å². The second kappa shape index (κ2) is 7.20. The van der Waals surface area contributed by atoms with Crippen molar-refractivity contribution in [2.45, 2.75) is 32.3 Å². The molecule has 142 valence electrons. The lowest BCUT2D eigenvalue weighted by Crippen LogP contribution is -2.02. The van der Waals surface area contributed by atoms with Crippen LogP contribution in [0.2, 0.25) is 0 Å². The zero-order valence-corrected chi connectivity index (χ0v) is 16.2. The Morgan fingerprint density at radius 3 is 3.04 bits per heavy atom. The molecule has 4 aromatic rings. The highest BCUT2D eigenvalue weighted by atomic mass is 32.1. The summed E-state index contributed by atoms with van der Waals surface area (Å²) in [5.41, 5.74) is 2.16. The highest BCUT2D eigenvalue weighted by molar-refractivity contribution is 7.18. The summed E-state index contributed by atoms with van der Waals surface area (Å²) in [5.74, 6) is 2.23. The van der Waals surface area contributed by atoms with Crippen molar-refractivity contribution < 1.29 is 14.0 Å². The number of hydrogen-bond acceptors (Lipinski definition) is 8. The van der Waals surface area contributed by atoms with Crippen LogP contribution >= 0.6 is 11.3 Å². The monoisotopic (exact) mass is 394 g/mol. The van der Waals surface area contributed by atoms with Crippen LogP contribution in [0.3, 0.4) is 0 Å². The van der Waals surface area contributed by atoms with Crippen LogP contribution < -0.4 is 9.47 Å². The van der Waals surface area contributed by atoms with Crippen LogP contribution in [0.25, 0.3) is 21.6 Å². The molecule has 0 aliphatic heterocycles. The van der Waals surface area contributed by atoms with E-state index in [1.807, 2.05) is 24.3 Å². The van der Waals surface area contributed by atoms with E-state index in [0.717, 1.165) is 34.4 Å². The van der Waals surface area contributed by atoms with Crippen LogP contribution in [0.4, 0.5) is 0 Å². The smallest absolute Gasteiger partial charge is 0.264 e. The zero-order chi connectivity index (χ0) is 18.9. The van der Waals surface area contributed by atoms with Crippen LogP contribution in [0.1, 0.15) is 29.2 Å². The standard InChI is InChI=1S/C20H18N4O3S/c1-25-13-6-4-5-12(9-13)18-23-16(27-24-18)10-26-19-17-14-7-2-3-8-15(14)28-20(17)22-11-21-19/h4-6,9,11H,2-3,7-8,10H2,1H3. The van der Waals surface area contributed by atoms with Gasteiger partial charge in [-0.25, -0.2) is 9.97 Å². The van der Waals surface area contributed by atoms with Gasteiger partial charge in [0.15, 0.2) is 6.61 Å². The SMILES string of the molecule is COc1cccc(-c2noc(COc3ncnc4sc5c(c34)CCCC5)n2)c1. The maximum atomic E-state index is 5.96. The van der Waals surface area contributed by atoms with Gasteiger partial charge < -0.3 is 14.0 Å². The predicted octanol–water partition coefficient (Wildman–Crippen LogP) is 4.21. The maximum absolute atomic E-state index is 5.96. The van der Waals surface area contributed by atoms with Gasteiger partial charge in [-0.1, -0.05) is 17.3 Å². The second-order valence-electron chi connectivity index (χ2n) is 6.60. The lowest BCUT2D eigenvalue weighted by Gasteiger charge is -2.11. The molecule has 0 bridgehead atoms. The van der Waals surface area contributed by atoms with E-state index in [1.54, 1.807) is 24.8 Å². The summed E-state index contributed by atoms with van der Waals surface area (Å²) in [6, 6.07) is 7.53. The first-order valence-electron chi connectivity index (χ1n) is 9.17. The van der Waals surface area contributed by atoms with E-state index in [9.17, 15) is 0 Å². The molecule has 3 aromatic heterocycles. The number of hydrogen-bond donors (Lipinski definition) is 0. The van der Waals surface area contributed by atoms with Gasteiger partial charge in [-0.2, -0.15) is 4.98 Å². The van der Waals surface area contributed by atoms with Crippen molar-refractivity contribution in [2.24, 2.45) is 0 Å². The van der Waals surface area contributed by atoms with E-state index in [1.165, 1.54) is 23.3 Å². The summed E-state index contributed by atoms with van der Waals surface area (Å²) >= 11 is 1.75. The third-order valence-electron chi connectivity index (χ3n) is 4.84. The van der Waals surface area contributed by atoms with Crippen molar-refractivity contribution in [1.82, 2.24) is 20.1 Å².